The van der Waals surface area contributed by atoms with Crippen LogP contribution in [0.5, 0.6) is 23.0 Å². The lowest BCUT2D eigenvalue weighted by Crippen LogP contribution is -2.21. The maximum atomic E-state index is 12.3. The summed E-state index contributed by atoms with van der Waals surface area (Å²) in [5.74, 6) is 0.397. The number of phenolic OH excluding ortho intramolecular Hbond substituents is 4. The summed E-state index contributed by atoms with van der Waals surface area (Å²) in [5.41, 5.74) is 6.48. The van der Waals surface area contributed by atoms with Crippen molar-refractivity contribution < 1.29 is 35.2 Å². The Morgan fingerprint density at radius 3 is 1.33 bits per heavy atom. The van der Waals surface area contributed by atoms with Crippen LogP contribution in [0, 0.1) is 16.7 Å². The van der Waals surface area contributed by atoms with E-state index >= 15 is 0 Å². The Balaban J connectivity index is 1.26. The average Bonchev–Trinajstić information content (AvgIpc) is 3.04. The molecular weight excluding hydrogens is 654 g/mol. The van der Waals surface area contributed by atoms with E-state index in [1.807, 2.05) is 41.5 Å². The lowest BCUT2D eigenvalue weighted by Gasteiger charge is -2.32. The van der Waals surface area contributed by atoms with Gasteiger partial charge in [0.25, 0.3) is 0 Å². The van der Waals surface area contributed by atoms with Gasteiger partial charge in [-0.25, -0.2) is 0 Å². The number of hydrogen-bond acceptors (Lipinski definition) is 7. The van der Waals surface area contributed by atoms with Gasteiger partial charge in [-0.1, -0.05) is 75.3 Å². The fraction of sp³-hybridized carbons (Fsp3) is 0.545. The Hall–Kier alpha value is -4.20. The molecule has 0 heterocycles. The van der Waals surface area contributed by atoms with E-state index in [-0.39, 0.29) is 65.0 Å². The predicted molar refractivity (Wildman–Crippen MR) is 208 cm³/mol. The number of hydrogen-bond donors (Lipinski definition) is 4. The predicted octanol–water partition coefficient (Wildman–Crippen LogP) is 11.0. The molecule has 2 aromatic rings. The number of nitrogens with zero attached hydrogens (tertiary/aromatic N) is 1. The second kappa shape index (κ2) is 16.6. The van der Waals surface area contributed by atoms with E-state index in [0.717, 1.165) is 48.0 Å². The van der Waals surface area contributed by atoms with Gasteiger partial charge in [0.15, 0.2) is 13.2 Å². The lowest BCUT2D eigenvalue weighted by atomic mass is 9.72. The van der Waals surface area contributed by atoms with Gasteiger partial charge in [-0.2, -0.15) is 9.68 Å². The van der Waals surface area contributed by atoms with Crippen molar-refractivity contribution in [2.45, 2.75) is 129 Å². The summed E-state index contributed by atoms with van der Waals surface area (Å²) < 4.78 is 0. The molecule has 2 aromatic carbocycles. The molecule has 0 spiro atoms. The van der Waals surface area contributed by atoms with Crippen LogP contribution in [0.1, 0.15) is 141 Å². The third kappa shape index (κ3) is 9.61. The van der Waals surface area contributed by atoms with Gasteiger partial charge in [0.05, 0.1) is 0 Å². The summed E-state index contributed by atoms with van der Waals surface area (Å²) in [4.78, 5) is 22.9. The third-order valence-electron chi connectivity index (χ3n) is 11.5. The molecule has 0 saturated carbocycles. The zero-order chi connectivity index (χ0) is 38.5. The van der Waals surface area contributed by atoms with Crippen LogP contribution in [0.3, 0.4) is 0 Å². The summed E-state index contributed by atoms with van der Waals surface area (Å²) in [6, 6.07) is 6.99. The van der Waals surface area contributed by atoms with Crippen LogP contribution in [0.4, 0.5) is 0 Å². The molecule has 52 heavy (non-hydrogen) atoms. The average molecular weight is 717 g/mol. The highest BCUT2D eigenvalue weighted by molar-refractivity contribution is 5.54. The van der Waals surface area contributed by atoms with E-state index in [1.54, 1.807) is 24.3 Å². The van der Waals surface area contributed by atoms with Crippen LogP contribution < -0.4 is 0 Å². The van der Waals surface area contributed by atoms with Crippen molar-refractivity contribution in [1.29, 1.82) is 0 Å². The second-order valence-corrected chi connectivity index (χ2v) is 16.8. The SMILES string of the molecule is C=C(C)[C@H]1CCC(C)=C[C@@H]1c1c(O)cc(C(C)(C)CCCO[N+](=O)OCCCC(C)(C)c2cc(O)c([C@H]3C=C(C)CC[C@@H]3C(=C)C)c(O)c2)cc1O. The molecule has 2 aliphatic carbocycles. The summed E-state index contributed by atoms with van der Waals surface area (Å²) in [6.07, 6.45) is 10.5. The molecule has 0 saturated heterocycles. The zero-order valence-electron chi connectivity index (χ0n) is 32.7. The maximum Gasteiger partial charge on any atom is 0.477 e. The highest BCUT2D eigenvalue weighted by atomic mass is 17.0. The smallest absolute Gasteiger partial charge is 0.477 e. The van der Waals surface area contributed by atoms with E-state index in [2.05, 4.69) is 39.2 Å². The molecule has 4 N–H and O–H groups in total. The van der Waals surface area contributed by atoms with E-state index in [4.69, 9.17) is 9.68 Å². The van der Waals surface area contributed by atoms with Crippen LogP contribution >= 0.6 is 0 Å². The molecule has 0 radical (unpaired) electrons. The molecule has 0 aromatic heterocycles. The zero-order valence-corrected chi connectivity index (χ0v) is 32.7. The Morgan fingerprint density at radius 1 is 0.692 bits per heavy atom. The largest absolute Gasteiger partial charge is 0.507 e. The molecule has 0 fully saturated rings. The van der Waals surface area contributed by atoms with Gasteiger partial charge in [0.2, 0.25) is 0 Å². The first-order valence-electron chi connectivity index (χ1n) is 18.8. The van der Waals surface area contributed by atoms with E-state index in [9.17, 15) is 25.3 Å². The van der Waals surface area contributed by atoms with Crippen LogP contribution in [0.2, 0.25) is 0 Å². The van der Waals surface area contributed by atoms with Crippen molar-refractivity contribution in [2.75, 3.05) is 13.2 Å². The molecule has 0 bridgehead atoms. The normalized spacial score (nSPS) is 20.8. The summed E-state index contributed by atoms with van der Waals surface area (Å²) >= 11 is 0. The number of phenols is 4. The highest BCUT2D eigenvalue weighted by Gasteiger charge is 2.34. The minimum Gasteiger partial charge on any atom is -0.507 e. The van der Waals surface area contributed by atoms with Gasteiger partial charge in [-0.05, 0) is 137 Å². The van der Waals surface area contributed by atoms with Gasteiger partial charge in [-0.15, -0.1) is 0 Å². The second-order valence-electron chi connectivity index (χ2n) is 16.8. The van der Waals surface area contributed by atoms with Gasteiger partial charge in [0.1, 0.15) is 27.9 Å². The number of benzene rings is 2. The molecule has 0 aliphatic heterocycles. The molecule has 4 rings (SSSR count). The minimum absolute atomic E-state index is 0.0816. The fourth-order valence-electron chi connectivity index (χ4n) is 8.16. The van der Waals surface area contributed by atoms with Crippen molar-refractivity contribution in [1.82, 2.24) is 0 Å². The van der Waals surface area contributed by atoms with E-state index in [0.29, 0.717) is 36.8 Å². The van der Waals surface area contributed by atoms with Crippen LogP contribution in [-0.2, 0) is 20.5 Å². The standard InChI is InChI=1S/C44H61NO7/c1-27(2)33-15-13-29(5)21-35(33)41-37(46)23-31(24-38(41)47)43(7,8)17-11-19-51-45(50)52-20-12-18-44(9,10)32-25-39(48)42(40(49)26-32)36-22-30(6)14-16-34(36)28(3)4/h21-26,33-36H,1,3,11-20H2,2,4-10H3,(H3-,46,47,48,49)/p+1/t33-,34-,35+,36+/m1/s1. The summed E-state index contributed by atoms with van der Waals surface area (Å²) in [7, 11) is 0. The van der Waals surface area contributed by atoms with E-state index < -0.39 is 10.8 Å². The maximum absolute atomic E-state index is 12.3. The topological polar surface area (TPSA) is 119 Å². The molecule has 8 nitrogen and oxygen atoms in total. The molecular formula is C44H62NO7+. The van der Waals surface area contributed by atoms with Crippen molar-refractivity contribution in [2.24, 2.45) is 11.8 Å². The van der Waals surface area contributed by atoms with Crippen molar-refractivity contribution >= 4 is 0 Å². The molecule has 2 aliphatic rings. The van der Waals surface area contributed by atoms with Crippen LogP contribution in [0.15, 0.2) is 71.9 Å². The molecule has 0 unspecified atom stereocenters. The Bertz CT molecular complexity index is 1550. The Kier molecular flexibility index (Phi) is 13.0. The Labute approximate surface area is 311 Å². The van der Waals surface area contributed by atoms with Crippen molar-refractivity contribution in [3.8, 4) is 23.0 Å². The minimum atomic E-state index is -0.400. The summed E-state index contributed by atoms with van der Waals surface area (Å²) in [5, 5.41) is 44.6. The fourth-order valence-corrected chi connectivity index (χ4v) is 8.16. The molecule has 284 valence electrons. The monoisotopic (exact) mass is 716 g/mol. The highest BCUT2D eigenvalue weighted by Crippen LogP contribution is 2.49. The van der Waals surface area contributed by atoms with Crippen LogP contribution in [-0.4, -0.2) is 38.7 Å². The first-order valence-corrected chi connectivity index (χ1v) is 18.8. The number of aromatic hydroxyl groups is 4. The molecule has 8 heteroatoms. The van der Waals surface area contributed by atoms with Gasteiger partial charge in [-0.3, -0.25) is 0 Å². The number of allylic oxidation sites excluding steroid dienone is 6. The first kappa shape index (κ1) is 40.6. The number of rotatable bonds is 16. The molecule has 0 amide bonds. The first-order chi connectivity index (χ1) is 24.3. The third-order valence-corrected chi connectivity index (χ3v) is 11.5. The quantitative estimate of drug-likeness (QED) is 0.0775. The van der Waals surface area contributed by atoms with Gasteiger partial charge in [0, 0.05) is 23.0 Å². The lowest BCUT2D eigenvalue weighted by molar-refractivity contribution is -0.981. The van der Waals surface area contributed by atoms with Crippen LogP contribution in [0.25, 0.3) is 0 Å². The summed E-state index contributed by atoms with van der Waals surface area (Å²) in [6.45, 7) is 24.9. The van der Waals surface area contributed by atoms with Gasteiger partial charge < -0.3 is 20.4 Å². The molecule has 4 atom stereocenters. The van der Waals surface area contributed by atoms with Crippen molar-refractivity contribution in [3.05, 3.63) is 99.0 Å². The van der Waals surface area contributed by atoms with Crippen molar-refractivity contribution in [3.63, 3.8) is 0 Å². The van der Waals surface area contributed by atoms with E-state index in [1.165, 1.54) is 11.1 Å². The van der Waals surface area contributed by atoms with Gasteiger partial charge >= 0.3 is 5.09 Å². The Morgan fingerprint density at radius 2 is 1.02 bits per heavy atom.